The summed E-state index contributed by atoms with van der Waals surface area (Å²) < 4.78 is 8.40. The molecule has 0 saturated heterocycles. The van der Waals surface area contributed by atoms with Crippen LogP contribution in [0.1, 0.15) is 33.6 Å². The third-order valence-electron chi connectivity index (χ3n) is 3.57. The topological polar surface area (TPSA) is 81.7 Å². The van der Waals surface area contributed by atoms with E-state index in [0.29, 0.717) is 6.42 Å². The third kappa shape index (κ3) is 4.49. The van der Waals surface area contributed by atoms with Crippen LogP contribution in [0.25, 0.3) is 0 Å². The molecule has 0 aliphatic heterocycles. The van der Waals surface area contributed by atoms with Gasteiger partial charge in [-0.05, 0) is 19.3 Å². The average molecular weight is 354 g/mol. The van der Waals surface area contributed by atoms with Crippen LogP contribution in [0.2, 0.25) is 0 Å². The molecule has 6 nitrogen and oxygen atoms in total. The van der Waals surface area contributed by atoms with E-state index in [9.17, 15) is 14.4 Å². The maximum Gasteiger partial charge on any atom is 0.328 e. The van der Waals surface area contributed by atoms with Crippen molar-refractivity contribution < 1.29 is 23.9 Å². The zero-order chi connectivity index (χ0) is 17.1. The van der Waals surface area contributed by atoms with Crippen molar-refractivity contribution in [2.45, 2.75) is 44.0 Å². The van der Waals surface area contributed by atoms with Crippen LogP contribution in [0.4, 0.5) is 0 Å². The molecule has 0 radical (unpaired) electrons. The zero-order valence-corrected chi connectivity index (χ0v) is 14.6. The molecule has 1 aliphatic rings. The third-order valence-corrected chi connectivity index (χ3v) is 4.67. The van der Waals surface area contributed by atoms with Crippen molar-refractivity contribution in [3.05, 3.63) is 0 Å². The quantitative estimate of drug-likeness (QED) is 0.557. The highest BCUT2D eigenvalue weighted by Crippen LogP contribution is 2.64. The summed E-state index contributed by atoms with van der Waals surface area (Å²) in [6.07, 6.45) is 0.707. The second-order valence-electron chi connectivity index (χ2n) is 6.06. The van der Waals surface area contributed by atoms with Gasteiger partial charge in [0.1, 0.15) is 15.8 Å². The van der Waals surface area contributed by atoms with Gasteiger partial charge in [0.25, 0.3) is 5.91 Å². The smallest absolute Gasteiger partial charge is 0.328 e. The molecule has 0 aromatic carbocycles. The molecule has 1 fully saturated rings. The molecule has 0 bridgehead atoms. The first-order valence-electron chi connectivity index (χ1n) is 6.95. The van der Waals surface area contributed by atoms with Gasteiger partial charge in [0.2, 0.25) is 0 Å². The lowest BCUT2D eigenvalue weighted by atomic mass is 10.0. The summed E-state index contributed by atoms with van der Waals surface area (Å²) >= 11 is 11.7. The number of halogens is 2. The Morgan fingerprint density at radius 2 is 1.82 bits per heavy atom. The first-order valence-corrected chi connectivity index (χ1v) is 7.71. The van der Waals surface area contributed by atoms with E-state index in [2.05, 4.69) is 10.1 Å². The molecular formula is C14H21Cl2NO5. The molecule has 22 heavy (non-hydrogen) atoms. The summed E-state index contributed by atoms with van der Waals surface area (Å²) in [4.78, 5) is 35.2. The lowest BCUT2D eigenvalue weighted by molar-refractivity contribution is -0.154. The highest BCUT2D eigenvalue weighted by molar-refractivity contribution is 6.53. The van der Waals surface area contributed by atoms with Crippen molar-refractivity contribution in [1.82, 2.24) is 5.32 Å². The van der Waals surface area contributed by atoms with Gasteiger partial charge >= 0.3 is 11.9 Å². The van der Waals surface area contributed by atoms with Gasteiger partial charge in [-0.15, -0.1) is 23.2 Å². The highest BCUT2D eigenvalue weighted by Gasteiger charge is 2.69. The molecule has 0 heterocycles. The fourth-order valence-electron chi connectivity index (χ4n) is 1.98. The maximum atomic E-state index is 11.8. The van der Waals surface area contributed by atoms with Gasteiger partial charge in [0.05, 0.1) is 7.11 Å². The molecule has 0 spiro atoms. The van der Waals surface area contributed by atoms with E-state index >= 15 is 0 Å². The van der Waals surface area contributed by atoms with E-state index in [1.54, 1.807) is 6.92 Å². The van der Waals surface area contributed by atoms with Crippen molar-refractivity contribution in [3.8, 4) is 0 Å². The normalized spacial score (nSPS) is 23.6. The fraction of sp³-hybridized carbons (Fsp3) is 0.786. The lowest BCUT2D eigenvalue weighted by Gasteiger charge is -2.18. The van der Waals surface area contributed by atoms with E-state index in [-0.39, 0.29) is 12.3 Å². The van der Waals surface area contributed by atoms with E-state index in [1.165, 1.54) is 7.11 Å². The lowest BCUT2D eigenvalue weighted by Crippen LogP contribution is -2.44. The Bertz CT molecular complexity index is 466. The molecular weight excluding hydrogens is 333 g/mol. The Morgan fingerprint density at radius 1 is 1.27 bits per heavy atom. The summed E-state index contributed by atoms with van der Waals surface area (Å²) in [5, 5.41) is 2.49. The van der Waals surface area contributed by atoms with Gasteiger partial charge < -0.3 is 14.8 Å². The van der Waals surface area contributed by atoms with Gasteiger partial charge in [-0.2, -0.15) is 0 Å². The number of ether oxygens (including phenoxy) is 2. The SMILES string of the molecule is COC(=O)C(CC(C)C)NC(=O)COC(=O)C1(C)CC1(Cl)Cl. The molecule has 1 amide bonds. The van der Waals surface area contributed by atoms with Gasteiger partial charge in [0.15, 0.2) is 6.61 Å². The van der Waals surface area contributed by atoms with E-state index < -0.39 is 40.2 Å². The number of amides is 1. The van der Waals surface area contributed by atoms with Gasteiger partial charge in [0, 0.05) is 6.42 Å². The van der Waals surface area contributed by atoms with Gasteiger partial charge in [-0.25, -0.2) is 4.79 Å². The van der Waals surface area contributed by atoms with E-state index in [1.807, 2.05) is 13.8 Å². The van der Waals surface area contributed by atoms with E-state index in [4.69, 9.17) is 27.9 Å². The second kappa shape index (κ2) is 7.04. The van der Waals surface area contributed by atoms with Crippen LogP contribution in [-0.4, -0.2) is 41.9 Å². The predicted octanol–water partition coefficient (Wildman–Crippen LogP) is 1.82. The number of alkyl halides is 2. The maximum absolute atomic E-state index is 11.8. The Balaban J connectivity index is 2.47. The summed E-state index contributed by atoms with van der Waals surface area (Å²) in [5.74, 6) is -1.57. The molecule has 1 saturated carbocycles. The Labute approximate surface area is 139 Å². The molecule has 1 aliphatic carbocycles. The fourth-order valence-corrected chi connectivity index (χ4v) is 2.66. The minimum absolute atomic E-state index is 0.186. The molecule has 2 unspecified atom stereocenters. The van der Waals surface area contributed by atoms with Crippen molar-refractivity contribution in [2.24, 2.45) is 11.3 Å². The number of nitrogens with one attached hydrogen (secondary N) is 1. The minimum Gasteiger partial charge on any atom is -0.467 e. The predicted molar refractivity (Wildman–Crippen MR) is 81.5 cm³/mol. The number of hydrogen-bond donors (Lipinski definition) is 1. The largest absolute Gasteiger partial charge is 0.467 e. The first kappa shape index (κ1) is 19.0. The first-order chi connectivity index (χ1) is 10.0. The molecule has 1 rings (SSSR count). The number of methoxy groups -OCH3 is 1. The van der Waals surface area contributed by atoms with Crippen LogP contribution in [0.3, 0.4) is 0 Å². The van der Waals surface area contributed by atoms with Gasteiger partial charge in [-0.3, -0.25) is 9.59 Å². The Morgan fingerprint density at radius 3 is 2.23 bits per heavy atom. The standard InChI is InChI=1S/C14H21Cl2NO5/c1-8(2)5-9(11(19)21-4)17-10(18)6-22-12(20)13(3)7-14(13,15)16/h8-9H,5-7H2,1-4H3,(H,17,18). The molecule has 8 heteroatoms. The zero-order valence-electron chi connectivity index (χ0n) is 13.1. The van der Waals surface area contributed by atoms with Crippen LogP contribution in [0.5, 0.6) is 0 Å². The summed E-state index contributed by atoms with van der Waals surface area (Å²) in [6.45, 7) is 4.90. The van der Waals surface area contributed by atoms with Crippen LogP contribution < -0.4 is 5.32 Å². The Kier molecular flexibility index (Phi) is 6.10. The highest BCUT2D eigenvalue weighted by atomic mass is 35.5. The molecule has 1 N–H and O–H groups in total. The minimum atomic E-state index is -1.15. The van der Waals surface area contributed by atoms with Crippen LogP contribution in [0, 0.1) is 11.3 Å². The number of esters is 2. The summed E-state index contributed by atoms with van der Waals surface area (Å²) in [7, 11) is 1.25. The van der Waals surface area contributed by atoms with E-state index in [0.717, 1.165) is 0 Å². The van der Waals surface area contributed by atoms with Crippen molar-refractivity contribution in [2.75, 3.05) is 13.7 Å². The van der Waals surface area contributed by atoms with Crippen molar-refractivity contribution in [1.29, 1.82) is 0 Å². The van der Waals surface area contributed by atoms with Crippen LogP contribution in [0.15, 0.2) is 0 Å². The molecule has 126 valence electrons. The number of hydrogen-bond acceptors (Lipinski definition) is 5. The number of carbonyl (C=O) groups excluding carboxylic acids is 3. The number of carbonyl (C=O) groups is 3. The number of rotatable bonds is 7. The average Bonchev–Trinajstić information content (AvgIpc) is 2.94. The molecule has 2 atom stereocenters. The monoisotopic (exact) mass is 353 g/mol. The summed E-state index contributed by atoms with van der Waals surface area (Å²) in [5.41, 5.74) is -0.990. The van der Waals surface area contributed by atoms with Gasteiger partial charge in [-0.1, -0.05) is 13.8 Å². The van der Waals surface area contributed by atoms with Crippen molar-refractivity contribution in [3.63, 3.8) is 0 Å². The van der Waals surface area contributed by atoms with Crippen LogP contribution in [-0.2, 0) is 23.9 Å². The summed E-state index contributed by atoms with van der Waals surface area (Å²) in [6, 6.07) is -0.771. The van der Waals surface area contributed by atoms with Crippen LogP contribution >= 0.6 is 23.2 Å². The Hall–Kier alpha value is -1.01. The van der Waals surface area contributed by atoms with Crippen molar-refractivity contribution >= 4 is 41.0 Å². The molecule has 0 aromatic rings. The second-order valence-corrected chi connectivity index (χ2v) is 7.55. The molecule has 0 aromatic heterocycles.